The van der Waals surface area contributed by atoms with Gasteiger partial charge in [0, 0.05) is 17.9 Å². The van der Waals surface area contributed by atoms with Crippen LogP contribution in [0.25, 0.3) is 0 Å². The zero-order valence-electron chi connectivity index (χ0n) is 10.9. The van der Waals surface area contributed by atoms with Gasteiger partial charge in [-0.05, 0) is 49.8 Å². The summed E-state index contributed by atoms with van der Waals surface area (Å²) in [5.41, 5.74) is 12.8. The molecule has 1 fully saturated rings. The van der Waals surface area contributed by atoms with Crippen LogP contribution in [0.4, 0.5) is 11.4 Å². The van der Waals surface area contributed by atoms with Crippen LogP contribution in [-0.2, 0) is 0 Å². The van der Waals surface area contributed by atoms with Gasteiger partial charge in [0.15, 0.2) is 0 Å². The Kier molecular flexibility index (Phi) is 4.27. The lowest BCUT2D eigenvalue weighted by Crippen LogP contribution is -2.24. The molecule has 1 aromatic rings. The maximum Gasteiger partial charge on any atom is 0.250 e. The Hall–Kier alpha value is -1.75. The van der Waals surface area contributed by atoms with Crippen molar-refractivity contribution in [2.24, 2.45) is 11.7 Å². The van der Waals surface area contributed by atoms with Gasteiger partial charge in [-0.3, -0.25) is 4.79 Å². The molecule has 6 N–H and O–H groups in total. The molecule has 0 radical (unpaired) electrons. The molecule has 5 heteroatoms. The van der Waals surface area contributed by atoms with E-state index in [-0.39, 0.29) is 6.10 Å². The van der Waals surface area contributed by atoms with E-state index in [2.05, 4.69) is 5.32 Å². The van der Waals surface area contributed by atoms with E-state index < -0.39 is 5.91 Å². The van der Waals surface area contributed by atoms with Crippen molar-refractivity contribution >= 4 is 17.3 Å². The van der Waals surface area contributed by atoms with Crippen LogP contribution in [0.15, 0.2) is 18.2 Å². The zero-order chi connectivity index (χ0) is 13.8. The Bertz CT molecular complexity index is 454. The first kappa shape index (κ1) is 13.7. The van der Waals surface area contributed by atoms with Gasteiger partial charge in [0.1, 0.15) is 0 Å². The number of benzene rings is 1. The lowest BCUT2D eigenvalue weighted by atomic mass is 9.87. The summed E-state index contributed by atoms with van der Waals surface area (Å²) in [4.78, 5) is 11.3. The molecule has 5 nitrogen and oxygen atoms in total. The summed E-state index contributed by atoms with van der Waals surface area (Å²) in [6.45, 7) is 0.774. The van der Waals surface area contributed by atoms with Crippen LogP contribution in [0.2, 0.25) is 0 Å². The average Bonchev–Trinajstić information content (AvgIpc) is 2.38. The second kappa shape index (κ2) is 5.93. The van der Waals surface area contributed by atoms with Crippen LogP contribution in [0.5, 0.6) is 0 Å². The second-order valence-electron chi connectivity index (χ2n) is 5.22. The van der Waals surface area contributed by atoms with Gasteiger partial charge in [0.05, 0.1) is 11.7 Å². The van der Waals surface area contributed by atoms with E-state index in [9.17, 15) is 9.90 Å². The SMILES string of the molecule is NC(=O)c1ccc(N)cc1NCC1CCC(O)CC1. The molecule has 0 aromatic heterocycles. The number of rotatable bonds is 4. The van der Waals surface area contributed by atoms with E-state index in [1.54, 1.807) is 18.2 Å². The van der Waals surface area contributed by atoms with E-state index in [0.717, 1.165) is 32.2 Å². The summed E-state index contributed by atoms with van der Waals surface area (Å²) in [7, 11) is 0. The monoisotopic (exact) mass is 263 g/mol. The second-order valence-corrected chi connectivity index (χ2v) is 5.22. The summed E-state index contributed by atoms with van der Waals surface area (Å²) in [6, 6.07) is 5.05. The standard InChI is InChI=1S/C14H21N3O2/c15-10-3-6-12(14(16)19)13(7-10)17-8-9-1-4-11(18)5-2-9/h3,6-7,9,11,17-18H,1-2,4-5,8,15H2,(H2,16,19). The van der Waals surface area contributed by atoms with E-state index in [4.69, 9.17) is 11.5 Å². The van der Waals surface area contributed by atoms with Gasteiger partial charge in [-0.2, -0.15) is 0 Å². The van der Waals surface area contributed by atoms with Crippen molar-refractivity contribution in [3.63, 3.8) is 0 Å². The molecule has 104 valence electrons. The van der Waals surface area contributed by atoms with Gasteiger partial charge in [-0.1, -0.05) is 0 Å². The number of hydrogen-bond acceptors (Lipinski definition) is 4. The predicted octanol–water partition coefficient (Wildman–Crippen LogP) is 1.33. The normalized spacial score (nSPS) is 23.0. The minimum atomic E-state index is -0.457. The van der Waals surface area contributed by atoms with Crippen molar-refractivity contribution in [2.45, 2.75) is 31.8 Å². The largest absolute Gasteiger partial charge is 0.399 e. The topological polar surface area (TPSA) is 101 Å². The van der Waals surface area contributed by atoms with Gasteiger partial charge < -0.3 is 21.9 Å². The fraction of sp³-hybridized carbons (Fsp3) is 0.500. The molecule has 0 heterocycles. The van der Waals surface area contributed by atoms with Crippen molar-refractivity contribution in [3.8, 4) is 0 Å². The van der Waals surface area contributed by atoms with Crippen LogP contribution >= 0.6 is 0 Å². The molecule has 0 unspecified atom stereocenters. The van der Waals surface area contributed by atoms with Crippen LogP contribution in [0.1, 0.15) is 36.0 Å². The van der Waals surface area contributed by atoms with Crippen LogP contribution in [-0.4, -0.2) is 23.7 Å². The average molecular weight is 263 g/mol. The van der Waals surface area contributed by atoms with Crippen LogP contribution in [0, 0.1) is 5.92 Å². The van der Waals surface area contributed by atoms with E-state index in [0.29, 0.717) is 22.9 Å². The highest BCUT2D eigenvalue weighted by Crippen LogP contribution is 2.26. The minimum Gasteiger partial charge on any atom is -0.399 e. The number of aliphatic hydroxyl groups is 1. The molecule has 0 saturated heterocycles. The quantitative estimate of drug-likeness (QED) is 0.615. The summed E-state index contributed by atoms with van der Waals surface area (Å²) in [5, 5.41) is 12.7. The molecule has 2 rings (SSSR count). The molecule has 19 heavy (non-hydrogen) atoms. The molecule has 1 saturated carbocycles. The lowest BCUT2D eigenvalue weighted by Gasteiger charge is -2.26. The molecule has 0 atom stereocenters. The minimum absolute atomic E-state index is 0.148. The first-order valence-corrected chi connectivity index (χ1v) is 6.67. The number of nitrogen functional groups attached to an aromatic ring is 1. The molecule has 1 aliphatic rings. The highest BCUT2D eigenvalue weighted by Gasteiger charge is 2.19. The van der Waals surface area contributed by atoms with Crippen LogP contribution in [0.3, 0.4) is 0 Å². The maximum atomic E-state index is 11.3. The fourth-order valence-corrected chi connectivity index (χ4v) is 2.53. The number of amides is 1. The number of carbonyl (C=O) groups excluding carboxylic acids is 1. The zero-order valence-corrected chi connectivity index (χ0v) is 10.9. The van der Waals surface area contributed by atoms with E-state index in [1.807, 2.05) is 0 Å². The van der Waals surface area contributed by atoms with Crippen molar-refractivity contribution in [2.75, 3.05) is 17.6 Å². The number of aliphatic hydroxyl groups excluding tert-OH is 1. The lowest BCUT2D eigenvalue weighted by molar-refractivity contribution is 0.100. The molecule has 0 spiro atoms. The fourth-order valence-electron chi connectivity index (χ4n) is 2.53. The van der Waals surface area contributed by atoms with Crippen molar-refractivity contribution < 1.29 is 9.90 Å². The van der Waals surface area contributed by atoms with E-state index >= 15 is 0 Å². The number of anilines is 2. The summed E-state index contributed by atoms with van der Waals surface area (Å²) < 4.78 is 0. The molecule has 1 aliphatic carbocycles. The number of nitrogens with one attached hydrogen (secondary N) is 1. The third-order valence-corrected chi connectivity index (χ3v) is 3.71. The first-order chi connectivity index (χ1) is 9.06. The molecular weight excluding hydrogens is 242 g/mol. The summed E-state index contributed by atoms with van der Waals surface area (Å²) in [6.07, 6.45) is 3.56. The number of carbonyl (C=O) groups is 1. The Morgan fingerprint density at radius 3 is 2.63 bits per heavy atom. The maximum absolute atomic E-state index is 11.3. The number of nitrogens with two attached hydrogens (primary N) is 2. The summed E-state index contributed by atoms with van der Waals surface area (Å²) >= 11 is 0. The Morgan fingerprint density at radius 2 is 2.00 bits per heavy atom. The van der Waals surface area contributed by atoms with Crippen molar-refractivity contribution in [1.29, 1.82) is 0 Å². The Balaban J connectivity index is 1.98. The third-order valence-electron chi connectivity index (χ3n) is 3.71. The molecular formula is C14H21N3O2. The highest BCUT2D eigenvalue weighted by atomic mass is 16.3. The third kappa shape index (κ3) is 3.61. The van der Waals surface area contributed by atoms with Gasteiger partial charge in [0.2, 0.25) is 0 Å². The Morgan fingerprint density at radius 1 is 1.32 bits per heavy atom. The first-order valence-electron chi connectivity index (χ1n) is 6.67. The van der Waals surface area contributed by atoms with Gasteiger partial charge in [-0.15, -0.1) is 0 Å². The van der Waals surface area contributed by atoms with Crippen LogP contribution < -0.4 is 16.8 Å². The molecule has 1 amide bonds. The van der Waals surface area contributed by atoms with E-state index in [1.165, 1.54) is 0 Å². The summed E-state index contributed by atoms with van der Waals surface area (Å²) in [5.74, 6) is 0.0622. The van der Waals surface area contributed by atoms with Gasteiger partial charge in [0.25, 0.3) is 5.91 Å². The Labute approximate surface area is 113 Å². The smallest absolute Gasteiger partial charge is 0.250 e. The molecule has 0 aliphatic heterocycles. The highest BCUT2D eigenvalue weighted by molar-refractivity contribution is 5.99. The molecule has 1 aromatic carbocycles. The van der Waals surface area contributed by atoms with Gasteiger partial charge >= 0.3 is 0 Å². The van der Waals surface area contributed by atoms with Crippen molar-refractivity contribution in [1.82, 2.24) is 0 Å². The molecule has 0 bridgehead atoms. The number of primary amides is 1. The number of hydrogen-bond donors (Lipinski definition) is 4. The van der Waals surface area contributed by atoms with Crippen molar-refractivity contribution in [3.05, 3.63) is 23.8 Å². The predicted molar refractivity (Wildman–Crippen MR) is 75.8 cm³/mol. The van der Waals surface area contributed by atoms with Gasteiger partial charge in [-0.25, -0.2) is 0 Å².